The van der Waals surface area contributed by atoms with Crippen LogP contribution in [-0.4, -0.2) is 43.8 Å². The second kappa shape index (κ2) is 8.33. The lowest BCUT2D eigenvalue weighted by Crippen LogP contribution is -2.35. The molecule has 0 atom stereocenters. The number of nitrogens with zero attached hydrogens (tertiary/aromatic N) is 2. The number of carbonyl (C=O) groups is 1. The Balaban J connectivity index is 2.34. The lowest BCUT2D eigenvalue weighted by molar-refractivity contribution is -0.143. The SMILES string of the molecule is CN(CCCNC(=O)Nc1ccc(F)cc1C#N)CC(F)(F)F. The van der Waals surface area contributed by atoms with Crippen molar-refractivity contribution in [2.45, 2.75) is 12.6 Å². The molecule has 0 radical (unpaired) electrons. The van der Waals surface area contributed by atoms with Crippen molar-refractivity contribution in [3.05, 3.63) is 29.6 Å². The first-order valence-corrected chi connectivity index (χ1v) is 6.71. The fourth-order valence-corrected chi connectivity index (χ4v) is 1.82. The van der Waals surface area contributed by atoms with Crippen LogP contribution in [0.2, 0.25) is 0 Å². The molecule has 0 aliphatic rings. The van der Waals surface area contributed by atoms with Crippen LogP contribution in [0.1, 0.15) is 12.0 Å². The number of nitrogens with one attached hydrogen (secondary N) is 2. The van der Waals surface area contributed by atoms with Crippen LogP contribution in [0.4, 0.5) is 28.0 Å². The Morgan fingerprint density at radius 3 is 2.70 bits per heavy atom. The summed E-state index contributed by atoms with van der Waals surface area (Å²) in [7, 11) is 1.34. The molecule has 0 spiro atoms. The van der Waals surface area contributed by atoms with Gasteiger partial charge < -0.3 is 10.6 Å². The number of urea groups is 1. The number of rotatable bonds is 6. The average Bonchev–Trinajstić information content (AvgIpc) is 2.43. The lowest BCUT2D eigenvalue weighted by Gasteiger charge is -2.18. The maximum absolute atomic E-state index is 12.9. The number of alkyl halides is 3. The number of hydrogen-bond donors (Lipinski definition) is 2. The highest BCUT2D eigenvalue weighted by Gasteiger charge is 2.28. The average molecular weight is 332 g/mol. The Morgan fingerprint density at radius 2 is 2.09 bits per heavy atom. The quantitative estimate of drug-likeness (QED) is 0.622. The minimum absolute atomic E-state index is 0.0231. The molecule has 0 aliphatic heterocycles. The van der Waals surface area contributed by atoms with E-state index in [2.05, 4.69) is 10.6 Å². The third kappa shape index (κ3) is 7.46. The summed E-state index contributed by atoms with van der Waals surface area (Å²) in [5.41, 5.74) is 0.130. The molecule has 9 heteroatoms. The molecule has 1 rings (SSSR count). The summed E-state index contributed by atoms with van der Waals surface area (Å²) in [5, 5.41) is 13.7. The maximum atomic E-state index is 12.9. The van der Waals surface area contributed by atoms with Crippen molar-refractivity contribution in [3.63, 3.8) is 0 Å². The van der Waals surface area contributed by atoms with Crippen LogP contribution in [0.25, 0.3) is 0 Å². The van der Waals surface area contributed by atoms with Gasteiger partial charge in [-0.3, -0.25) is 4.90 Å². The van der Waals surface area contributed by atoms with Crippen LogP contribution in [0.5, 0.6) is 0 Å². The first-order valence-electron chi connectivity index (χ1n) is 6.71. The first-order chi connectivity index (χ1) is 10.7. The number of amides is 2. The van der Waals surface area contributed by atoms with Crippen LogP contribution in [0, 0.1) is 17.1 Å². The predicted molar refractivity (Wildman–Crippen MR) is 76.3 cm³/mol. The predicted octanol–water partition coefficient (Wildman–Crippen LogP) is 2.70. The van der Waals surface area contributed by atoms with Crippen LogP contribution < -0.4 is 10.6 Å². The minimum atomic E-state index is -4.25. The van der Waals surface area contributed by atoms with E-state index in [1.165, 1.54) is 13.1 Å². The molecule has 23 heavy (non-hydrogen) atoms. The van der Waals surface area contributed by atoms with Crippen LogP contribution >= 0.6 is 0 Å². The molecule has 0 heterocycles. The van der Waals surface area contributed by atoms with Crippen LogP contribution in [0.3, 0.4) is 0 Å². The Morgan fingerprint density at radius 1 is 1.39 bits per heavy atom. The Labute approximate surface area is 130 Å². The molecule has 0 bridgehead atoms. The Kier molecular flexibility index (Phi) is 6.78. The topological polar surface area (TPSA) is 68.2 Å². The van der Waals surface area contributed by atoms with Gasteiger partial charge in [-0.05, 0) is 38.2 Å². The third-order valence-corrected chi connectivity index (χ3v) is 2.80. The molecule has 0 aliphatic carbocycles. The zero-order valence-electron chi connectivity index (χ0n) is 12.4. The second-order valence-electron chi connectivity index (χ2n) is 4.89. The van der Waals surface area contributed by atoms with Crippen molar-refractivity contribution in [1.82, 2.24) is 10.2 Å². The molecular weight excluding hydrogens is 316 g/mol. The van der Waals surface area contributed by atoms with Gasteiger partial charge in [0.25, 0.3) is 0 Å². The summed E-state index contributed by atoms with van der Waals surface area (Å²) in [4.78, 5) is 12.7. The van der Waals surface area contributed by atoms with E-state index in [9.17, 15) is 22.4 Å². The maximum Gasteiger partial charge on any atom is 0.401 e. The van der Waals surface area contributed by atoms with Crippen molar-refractivity contribution in [3.8, 4) is 6.07 Å². The first kappa shape index (κ1) is 18.7. The van der Waals surface area contributed by atoms with E-state index in [1.54, 1.807) is 6.07 Å². The Bertz CT molecular complexity index is 583. The van der Waals surface area contributed by atoms with Gasteiger partial charge in [-0.15, -0.1) is 0 Å². The van der Waals surface area contributed by atoms with Gasteiger partial charge in [0.1, 0.15) is 11.9 Å². The zero-order chi connectivity index (χ0) is 17.5. The summed E-state index contributed by atoms with van der Waals surface area (Å²) in [6.07, 6.45) is -3.93. The minimum Gasteiger partial charge on any atom is -0.338 e. The van der Waals surface area contributed by atoms with E-state index in [1.807, 2.05) is 0 Å². The van der Waals surface area contributed by atoms with Crippen molar-refractivity contribution in [2.75, 3.05) is 32.0 Å². The third-order valence-electron chi connectivity index (χ3n) is 2.80. The van der Waals surface area contributed by atoms with Crippen molar-refractivity contribution in [1.29, 1.82) is 5.26 Å². The van der Waals surface area contributed by atoms with Gasteiger partial charge in [0.15, 0.2) is 0 Å². The summed E-state index contributed by atoms with van der Waals surface area (Å²) < 4.78 is 49.3. The molecule has 0 aromatic heterocycles. The highest BCUT2D eigenvalue weighted by Crippen LogP contribution is 2.16. The van der Waals surface area contributed by atoms with Gasteiger partial charge in [0, 0.05) is 6.54 Å². The number of carbonyl (C=O) groups excluding carboxylic acids is 1. The fourth-order valence-electron chi connectivity index (χ4n) is 1.82. The van der Waals surface area contributed by atoms with Gasteiger partial charge in [0.2, 0.25) is 0 Å². The van der Waals surface area contributed by atoms with E-state index in [4.69, 9.17) is 5.26 Å². The van der Waals surface area contributed by atoms with Crippen LogP contribution in [-0.2, 0) is 0 Å². The molecule has 2 amide bonds. The van der Waals surface area contributed by atoms with E-state index < -0.39 is 24.6 Å². The number of anilines is 1. The molecule has 1 aromatic carbocycles. The van der Waals surface area contributed by atoms with Gasteiger partial charge in [-0.1, -0.05) is 0 Å². The van der Waals surface area contributed by atoms with Gasteiger partial charge >= 0.3 is 12.2 Å². The summed E-state index contributed by atoms with van der Waals surface area (Å²) in [5.74, 6) is -0.597. The number of halogens is 4. The lowest BCUT2D eigenvalue weighted by atomic mass is 10.2. The second-order valence-corrected chi connectivity index (χ2v) is 4.89. The van der Waals surface area contributed by atoms with Gasteiger partial charge in [-0.25, -0.2) is 9.18 Å². The normalized spacial score (nSPS) is 11.2. The van der Waals surface area contributed by atoms with E-state index >= 15 is 0 Å². The molecule has 1 aromatic rings. The van der Waals surface area contributed by atoms with Crippen LogP contribution in [0.15, 0.2) is 18.2 Å². The van der Waals surface area contributed by atoms with Crippen molar-refractivity contribution >= 4 is 11.7 Å². The molecule has 0 saturated carbocycles. The summed E-state index contributed by atoms with van der Waals surface area (Å²) in [6, 6.07) is 4.47. The Hall–Kier alpha value is -2.34. The van der Waals surface area contributed by atoms with Gasteiger partial charge in [0.05, 0.1) is 17.8 Å². The number of nitriles is 1. The van der Waals surface area contributed by atoms with E-state index in [0.29, 0.717) is 6.42 Å². The molecule has 0 saturated heterocycles. The summed E-state index contributed by atoms with van der Waals surface area (Å²) >= 11 is 0. The standard InChI is InChI=1S/C14H16F4N4O/c1-22(9-14(16,17)18)6-2-5-20-13(23)21-12-4-3-11(15)7-10(12)8-19/h3-4,7H,2,5-6,9H2,1H3,(H2,20,21,23). The molecule has 126 valence electrons. The molecule has 2 N–H and O–H groups in total. The largest absolute Gasteiger partial charge is 0.401 e. The van der Waals surface area contributed by atoms with Crippen molar-refractivity contribution in [2.24, 2.45) is 0 Å². The highest BCUT2D eigenvalue weighted by molar-refractivity contribution is 5.90. The zero-order valence-corrected chi connectivity index (χ0v) is 12.4. The fraction of sp³-hybridized carbons (Fsp3) is 0.429. The summed E-state index contributed by atoms with van der Waals surface area (Å²) in [6.45, 7) is -0.683. The smallest absolute Gasteiger partial charge is 0.338 e. The number of hydrogen-bond acceptors (Lipinski definition) is 3. The van der Waals surface area contributed by atoms with Gasteiger partial charge in [-0.2, -0.15) is 18.4 Å². The highest BCUT2D eigenvalue weighted by atomic mass is 19.4. The molecular formula is C14H16F4N4O. The van der Waals surface area contributed by atoms with E-state index in [0.717, 1.165) is 17.0 Å². The monoisotopic (exact) mass is 332 g/mol. The van der Waals surface area contributed by atoms with Crippen molar-refractivity contribution < 1.29 is 22.4 Å². The molecule has 0 fully saturated rings. The number of benzene rings is 1. The van der Waals surface area contributed by atoms with E-state index in [-0.39, 0.29) is 24.3 Å². The molecule has 0 unspecified atom stereocenters. The molecule has 5 nitrogen and oxygen atoms in total.